The highest BCUT2D eigenvalue weighted by atomic mass is 16.5. The van der Waals surface area contributed by atoms with E-state index in [0.717, 1.165) is 12.8 Å². The fraction of sp³-hybridized carbons (Fsp3) is 0.455. The summed E-state index contributed by atoms with van der Waals surface area (Å²) in [5.41, 5.74) is 5.66. The summed E-state index contributed by atoms with van der Waals surface area (Å²) in [5, 5.41) is 8.97. The minimum atomic E-state index is -0.453. The number of rotatable bonds is 3. The average Bonchev–Trinajstić information content (AvgIpc) is 2.77. The van der Waals surface area contributed by atoms with E-state index in [4.69, 9.17) is 15.6 Å². The molecule has 0 saturated carbocycles. The van der Waals surface area contributed by atoms with E-state index in [1.54, 1.807) is 18.3 Å². The van der Waals surface area contributed by atoms with E-state index < -0.39 is 5.91 Å². The second kappa shape index (κ2) is 4.59. The van der Waals surface area contributed by atoms with Crippen LogP contribution in [0.3, 0.4) is 0 Å². The molecule has 5 nitrogen and oxygen atoms in total. The first-order valence-corrected chi connectivity index (χ1v) is 5.27. The van der Waals surface area contributed by atoms with Gasteiger partial charge in [-0.05, 0) is 12.5 Å². The molecule has 16 heavy (non-hydrogen) atoms. The van der Waals surface area contributed by atoms with Gasteiger partial charge >= 0.3 is 0 Å². The number of pyridine rings is 1. The molecule has 86 valence electrons. The Labute approximate surface area is 93.5 Å². The summed E-state index contributed by atoms with van der Waals surface area (Å²) in [6.45, 7) is 0.0343. The number of aromatic nitrogens is 1. The van der Waals surface area contributed by atoms with Gasteiger partial charge in [0.15, 0.2) is 12.4 Å². The van der Waals surface area contributed by atoms with Crippen molar-refractivity contribution in [3.8, 4) is 0 Å². The van der Waals surface area contributed by atoms with E-state index in [0.29, 0.717) is 5.56 Å². The molecule has 0 spiro atoms. The van der Waals surface area contributed by atoms with Crippen LogP contribution in [-0.2, 0) is 4.74 Å². The Bertz CT molecular complexity index is 395. The standard InChI is InChI=1S/C11H14N2O3/c12-11(15)8-2-1-5-13(6-8)10-4-3-9(7-14)16-10/h1-2,5-6,9-10,14H,3-4,7H2,(H-,12,15)/p+1. The number of carbonyl (C=O) groups is 1. The van der Waals surface area contributed by atoms with Crippen LogP contribution in [0.5, 0.6) is 0 Å². The van der Waals surface area contributed by atoms with Crippen LogP contribution in [0.1, 0.15) is 29.4 Å². The van der Waals surface area contributed by atoms with E-state index in [1.165, 1.54) is 0 Å². The van der Waals surface area contributed by atoms with Gasteiger partial charge in [0.05, 0.1) is 12.7 Å². The lowest BCUT2D eigenvalue weighted by Gasteiger charge is -2.07. The van der Waals surface area contributed by atoms with Crippen LogP contribution >= 0.6 is 0 Å². The molecule has 0 aliphatic carbocycles. The Morgan fingerprint density at radius 3 is 3.06 bits per heavy atom. The molecule has 2 rings (SSSR count). The van der Waals surface area contributed by atoms with Crippen LogP contribution in [0.2, 0.25) is 0 Å². The topological polar surface area (TPSA) is 76.4 Å². The number of amides is 1. The summed E-state index contributed by atoms with van der Waals surface area (Å²) in [6.07, 6.45) is 4.95. The molecule has 0 bridgehead atoms. The largest absolute Gasteiger partial charge is 0.394 e. The second-order valence-corrected chi connectivity index (χ2v) is 3.88. The molecular formula is C11H15N2O3+. The monoisotopic (exact) mass is 223 g/mol. The zero-order chi connectivity index (χ0) is 11.5. The number of aliphatic hydroxyl groups excluding tert-OH is 1. The maximum Gasteiger partial charge on any atom is 0.262 e. The van der Waals surface area contributed by atoms with Crippen molar-refractivity contribution in [2.24, 2.45) is 5.73 Å². The summed E-state index contributed by atoms with van der Waals surface area (Å²) < 4.78 is 7.41. The molecule has 1 amide bonds. The van der Waals surface area contributed by atoms with E-state index in [-0.39, 0.29) is 18.9 Å². The number of nitrogens with two attached hydrogens (primary N) is 1. The highest BCUT2D eigenvalue weighted by Crippen LogP contribution is 2.23. The fourth-order valence-corrected chi connectivity index (χ4v) is 1.86. The van der Waals surface area contributed by atoms with Crippen molar-refractivity contribution in [1.29, 1.82) is 0 Å². The van der Waals surface area contributed by atoms with Gasteiger partial charge in [-0.15, -0.1) is 0 Å². The van der Waals surface area contributed by atoms with Gasteiger partial charge in [0, 0.05) is 12.5 Å². The molecule has 1 aliphatic rings. The number of carbonyl (C=O) groups excluding carboxylic acids is 1. The van der Waals surface area contributed by atoms with Gasteiger partial charge in [-0.25, -0.2) is 0 Å². The Balaban J connectivity index is 2.15. The Hall–Kier alpha value is -1.46. The summed E-state index contributed by atoms with van der Waals surface area (Å²) >= 11 is 0. The van der Waals surface area contributed by atoms with Gasteiger partial charge in [-0.2, -0.15) is 4.57 Å². The van der Waals surface area contributed by atoms with Crippen molar-refractivity contribution >= 4 is 5.91 Å². The Kier molecular flexibility index (Phi) is 3.17. The minimum Gasteiger partial charge on any atom is -0.394 e. The van der Waals surface area contributed by atoms with E-state index in [1.807, 2.05) is 10.8 Å². The average molecular weight is 223 g/mol. The molecule has 1 aliphatic heterocycles. The van der Waals surface area contributed by atoms with Gasteiger partial charge in [0.2, 0.25) is 0 Å². The quantitative estimate of drug-likeness (QED) is 0.693. The number of hydrogen-bond donors (Lipinski definition) is 2. The van der Waals surface area contributed by atoms with Crippen LogP contribution in [0.15, 0.2) is 24.5 Å². The Morgan fingerprint density at radius 2 is 2.44 bits per heavy atom. The molecule has 2 unspecified atom stereocenters. The molecule has 2 atom stereocenters. The first-order valence-electron chi connectivity index (χ1n) is 5.27. The van der Waals surface area contributed by atoms with Crippen molar-refractivity contribution in [3.63, 3.8) is 0 Å². The van der Waals surface area contributed by atoms with E-state index >= 15 is 0 Å². The molecule has 1 aromatic heterocycles. The predicted molar refractivity (Wildman–Crippen MR) is 55.4 cm³/mol. The number of ether oxygens (including phenoxy) is 1. The normalized spacial score (nSPS) is 24.6. The molecule has 1 aromatic rings. The molecule has 1 fully saturated rings. The molecule has 2 heterocycles. The van der Waals surface area contributed by atoms with Gasteiger partial charge in [0.25, 0.3) is 12.1 Å². The van der Waals surface area contributed by atoms with Crippen molar-refractivity contribution < 1.29 is 19.2 Å². The van der Waals surface area contributed by atoms with Crippen molar-refractivity contribution in [3.05, 3.63) is 30.1 Å². The lowest BCUT2D eigenvalue weighted by molar-refractivity contribution is -0.759. The fourth-order valence-electron chi connectivity index (χ4n) is 1.86. The molecule has 5 heteroatoms. The lowest BCUT2D eigenvalue weighted by atomic mass is 10.2. The van der Waals surface area contributed by atoms with E-state index in [9.17, 15) is 4.79 Å². The zero-order valence-corrected chi connectivity index (χ0v) is 8.87. The Morgan fingerprint density at radius 1 is 1.62 bits per heavy atom. The SMILES string of the molecule is NC(=O)c1ccc[n+](C2CCC(CO)O2)c1. The third-order valence-electron chi connectivity index (χ3n) is 2.73. The van der Waals surface area contributed by atoms with Crippen LogP contribution in [0.25, 0.3) is 0 Å². The maximum atomic E-state index is 11.0. The maximum absolute atomic E-state index is 11.0. The third kappa shape index (κ3) is 2.20. The lowest BCUT2D eigenvalue weighted by Crippen LogP contribution is -2.40. The van der Waals surface area contributed by atoms with Crippen molar-refractivity contribution in [1.82, 2.24) is 0 Å². The van der Waals surface area contributed by atoms with Gasteiger partial charge in [-0.3, -0.25) is 4.79 Å². The molecule has 0 aromatic carbocycles. The third-order valence-corrected chi connectivity index (χ3v) is 2.73. The van der Waals surface area contributed by atoms with E-state index in [2.05, 4.69) is 0 Å². The van der Waals surface area contributed by atoms with Crippen LogP contribution < -0.4 is 10.3 Å². The van der Waals surface area contributed by atoms with Gasteiger partial charge in [0.1, 0.15) is 5.56 Å². The van der Waals surface area contributed by atoms with Crippen molar-refractivity contribution in [2.75, 3.05) is 6.61 Å². The number of hydrogen-bond acceptors (Lipinski definition) is 3. The van der Waals surface area contributed by atoms with Crippen LogP contribution in [0.4, 0.5) is 0 Å². The summed E-state index contributed by atoms with van der Waals surface area (Å²) in [7, 11) is 0. The van der Waals surface area contributed by atoms with Crippen LogP contribution in [0, 0.1) is 0 Å². The first kappa shape index (κ1) is 11.0. The summed E-state index contributed by atoms with van der Waals surface area (Å²) in [5.74, 6) is -0.453. The van der Waals surface area contributed by atoms with Crippen molar-refractivity contribution in [2.45, 2.75) is 25.2 Å². The van der Waals surface area contributed by atoms with Crippen LogP contribution in [-0.4, -0.2) is 23.7 Å². The second-order valence-electron chi connectivity index (χ2n) is 3.88. The highest BCUT2D eigenvalue weighted by molar-refractivity contribution is 5.92. The molecule has 1 saturated heterocycles. The molecular weight excluding hydrogens is 208 g/mol. The van der Waals surface area contributed by atoms with Gasteiger partial charge < -0.3 is 15.6 Å². The molecule has 0 radical (unpaired) electrons. The highest BCUT2D eigenvalue weighted by Gasteiger charge is 2.31. The summed E-state index contributed by atoms with van der Waals surface area (Å²) in [4.78, 5) is 11.0. The number of primary amides is 1. The predicted octanol–water partition coefficient (Wildman–Crippen LogP) is -0.257. The summed E-state index contributed by atoms with van der Waals surface area (Å²) in [6, 6.07) is 3.42. The number of aliphatic hydroxyl groups is 1. The minimum absolute atomic E-state index is 0.0343. The molecule has 3 N–H and O–H groups in total. The smallest absolute Gasteiger partial charge is 0.262 e. The zero-order valence-electron chi connectivity index (χ0n) is 8.87. The van der Waals surface area contributed by atoms with Gasteiger partial charge in [-0.1, -0.05) is 0 Å². The first-order chi connectivity index (χ1) is 7.70. The number of nitrogens with zero attached hydrogens (tertiary/aromatic N) is 1.